The lowest BCUT2D eigenvalue weighted by Gasteiger charge is -2.57. The Morgan fingerprint density at radius 1 is 1.18 bits per heavy atom. The third kappa shape index (κ3) is 1.80. The van der Waals surface area contributed by atoms with Crippen LogP contribution in [0.1, 0.15) is 65.2 Å². The van der Waals surface area contributed by atoms with E-state index in [-0.39, 0.29) is 11.2 Å². The third-order valence-electron chi connectivity index (χ3n) is 7.71. The van der Waals surface area contributed by atoms with Crippen molar-refractivity contribution in [2.24, 2.45) is 33.7 Å². The van der Waals surface area contributed by atoms with Crippen molar-refractivity contribution in [2.75, 3.05) is 0 Å². The van der Waals surface area contributed by atoms with Gasteiger partial charge in [0.1, 0.15) is 0 Å². The van der Waals surface area contributed by atoms with Gasteiger partial charge in [0.2, 0.25) is 0 Å². The Morgan fingerprint density at radius 2 is 2.00 bits per heavy atom. The molecule has 3 fully saturated rings. The Kier molecular flexibility index (Phi) is 3.08. The van der Waals surface area contributed by atoms with Crippen LogP contribution in [0.2, 0.25) is 0 Å². The highest BCUT2D eigenvalue weighted by molar-refractivity contribution is 6.08. The SMILES string of the molecule is C[C@@]12CCC[C@H]1[C@@H]1C/C(=N\O)C3=CC(=O)CC[C@]3(C)[C@H]1CC2. The Hall–Kier alpha value is -1.12. The van der Waals surface area contributed by atoms with Crippen LogP contribution in [0.4, 0.5) is 0 Å². The van der Waals surface area contributed by atoms with Crippen LogP contribution in [-0.2, 0) is 4.79 Å². The quantitative estimate of drug-likeness (QED) is 0.534. The number of carbonyl (C=O) groups excluding carboxylic acids is 1. The zero-order valence-corrected chi connectivity index (χ0v) is 13.8. The number of carbonyl (C=O) groups is 1. The molecule has 4 aliphatic rings. The lowest BCUT2D eigenvalue weighted by atomic mass is 9.47. The maximum atomic E-state index is 11.9. The van der Waals surface area contributed by atoms with Crippen LogP contribution in [0.5, 0.6) is 0 Å². The second-order valence-electron chi connectivity index (χ2n) is 8.65. The first-order valence-corrected chi connectivity index (χ1v) is 8.94. The summed E-state index contributed by atoms with van der Waals surface area (Å²) in [5, 5.41) is 13.2. The number of allylic oxidation sites excluding steroid dienone is 1. The summed E-state index contributed by atoms with van der Waals surface area (Å²) >= 11 is 0. The fourth-order valence-corrected chi connectivity index (χ4v) is 6.50. The van der Waals surface area contributed by atoms with Gasteiger partial charge in [-0.15, -0.1) is 0 Å². The minimum atomic E-state index is 0.0440. The smallest absolute Gasteiger partial charge is 0.156 e. The molecule has 5 atom stereocenters. The molecule has 0 radical (unpaired) electrons. The number of hydrogen-bond acceptors (Lipinski definition) is 3. The van der Waals surface area contributed by atoms with Gasteiger partial charge in [0, 0.05) is 6.42 Å². The summed E-state index contributed by atoms with van der Waals surface area (Å²) < 4.78 is 0. The molecule has 0 aromatic heterocycles. The fourth-order valence-electron chi connectivity index (χ4n) is 6.50. The van der Waals surface area contributed by atoms with Crippen molar-refractivity contribution in [1.29, 1.82) is 0 Å². The van der Waals surface area contributed by atoms with Crippen LogP contribution in [0.25, 0.3) is 0 Å². The van der Waals surface area contributed by atoms with Gasteiger partial charge < -0.3 is 5.21 Å². The lowest BCUT2D eigenvalue weighted by Crippen LogP contribution is -2.52. The molecule has 120 valence electrons. The van der Waals surface area contributed by atoms with E-state index in [1.807, 2.05) is 0 Å². The van der Waals surface area contributed by atoms with Gasteiger partial charge in [0.25, 0.3) is 0 Å². The topological polar surface area (TPSA) is 49.7 Å². The predicted molar refractivity (Wildman–Crippen MR) is 85.9 cm³/mol. The number of oxime groups is 1. The summed E-state index contributed by atoms with van der Waals surface area (Å²) in [7, 11) is 0. The molecule has 0 amide bonds. The van der Waals surface area contributed by atoms with Crippen molar-refractivity contribution in [3.8, 4) is 0 Å². The molecule has 0 heterocycles. The van der Waals surface area contributed by atoms with Gasteiger partial charge in [0.15, 0.2) is 5.78 Å². The molecule has 4 rings (SSSR count). The Bertz CT molecular complexity index is 578. The zero-order valence-electron chi connectivity index (χ0n) is 13.8. The van der Waals surface area contributed by atoms with Crippen LogP contribution in [0.15, 0.2) is 16.8 Å². The summed E-state index contributed by atoms with van der Waals surface area (Å²) in [5.41, 5.74) is 2.40. The Labute approximate surface area is 132 Å². The Morgan fingerprint density at radius 3 is 2.77 bits per heavy atom. The lowest BCUT2D eigenvalue weighted by molar-refractivity contribution is -0.116. The van der Waals surface area contributed by atoms with Crippen molar-refractivity contribution >= 4 is 11.5 Å². The molecule has 1 N–H and O–H groups in total. The maximum absolute atomic E-state index is 11.9. The first-order chi connectivity index (χ1) is 10.5. The molecule has 0 aliphatic heterocycles. The second kappa shape index (κ2) is 4.69. The first kappa shape index (κ1) is 14.5. The molecular formula is C19H27NO2. The summed E-state index contributed by atoms with van der Waals surface area (Å²) in [4.78, 5) is 11.9. The summed E-state index contributed by atoms with van der Waals surface area (Å²) in [5.74, 6) is 2.28. The number of fused-ring (bicyclic) bond motifs is 5. The first-order valence-electron chi connectivity index (χ1n) is 8.94. The van der Waals surface area contributed by atoms with Crippen LogP contribution in [-0.4, -0.2) is 16.7 Å². The van der Waals surface area contributed by atoms with Crippen molar-refractivity contribution in [1.82, 2.24) is 0 Å². The van der Waals surface area contributed by atoms with Gasteiger partial charge >= 0.3 is 0 Å². The van der Waals surface area contributed by atoms with E-state index in [9.17, 15) is 10.0 Å². The number of ketones is 1. The van der Waals surface area contributed by atoms with E-state index in [1.54, 1.807) is 6.08 Å². The fraction of sp³-hybridized carbons (Fsp3) is 0.789. The van der Waals surface area contributed by atoms with Crippen LogP contribution in [0.3, 0.4) is 0 Å². The average Bonchev–Trinajstić information content (AvgIpc) is 2.89. The van der Waals surface area contributed by atoms with Gasteiger partial charge in [-0.1, -0.05) is 25.4 Å². The maximum Gasteiger partial charge on any atom is 0.156 e. The normalized spacial score (nSPS) is 49.4. The highest BCUT2D eigenvalue weighted by Gasteiger charge is 2.57. The molecule has 3 nitrogen and oxygen atoms in total. The van der Waals surface area contributed by atoms with Gasteiger partial charge in [-0.3, -0.25) is 4.79 Å². The van der Waals surface area contributed by atoms with E-state index < -0.39 is 0 Å². The van der Waals surface area contributed by atoms with E-state index in [2.05, 4.69) is 19.0 Å². The average molecular weight is 301 g/mol. The summed E-state index contributed by atoms with van der Waals surface area (Å²) in [6, 6.07) is 0. The molecule has 22 heavy (non-hydrogen) atoms. The van der Waals surface area contributed by atoms with E-state index in [0.29, 0.717) is 23.7 Å². The van der Waals surface area contributed by atoms with E-state index in [1.165, 1.54) is 32.1 Å². The molecule has 3 heteroatoms. The number of nitrogens with zero attached hydrogens (tertiary/aromatic N) is 1. The van der Waals surface area contributed by atoms with Crippen LogP contribution in [0, 0.1) is 28.6 Å². The molecule has 3 saturated carbocycles. The largest absolute Gasteiger partial charge is 0.411 e. The van der Waals surface area contributed by atoms with Gasteiger partial charge in [0.05, 0.1) is 5.71 Å². The number of hydrogen-bond donors (Lipinski definition) is 1. The van der Waals surface area contributed by atoms with Crippen LogP contribution < -0.4 is 0 Å². The highest BCUT2D eigenvalue weighted by Crippen LogP contribution is 2.64. The van der Waals surface area contributed by atoms with Crippen molar-refractivity contribution in [3.63, 3.8) is 0 Å². The van der Waals surface area contributed by atoms with E-state index >= 15 is 0 Å². The molecule has 0 saturated heterocycles. The van der Waals surface area contributed by atoms with Gasteiger partial charge in [-0.2, -0.15) is 0 Å². The highest BCUT2D eigenvalue weighted by atomic mass is 16.4. The minimum absolute atomic E-state index is 0.0440. The molecule has 4 aliphatic carbocycles. The van der Waals surface area contributed by atoms with Crippen molar-refractivity contribution < 1.29 is 10.0 Å². The number of rotatable bonds is 0. The predicted octanol–water partition coefficient (Wildman–Crippen LogP) is 4.35. The molecule has 0 aromatic rings. The molecule has 0 bridgehead atoms. The summed E-state index contributed by atoms with van der Waals surface area (Å²) in [6.07, 6.45) is 10.9. The Balaban J connectivity index is 1.78. The standard InChI is InChI=1S/C19H27NO2/c1-18-7-3-4-14(18)13-11-17(20-22)16-10-12(21)5-9-19(16,2)15(13)6-8-18/h10,13-15,22H,3-9,11H2,1-2H3/b20-17+/t13-,14-,15-,18-,19+/m0/s1. The van der Waals surface area contributed by atoms with E-state index in [0.717, 1.165) is 30.0 Å². The molecular weight excluding hydrogens is 274 g/mol. The minimum Gasteiger partial charge on any atom is -0.411 e. The molecule has 0 aromatic carbocycles. The van der Waals surface area contributed by atoms with Crippen LogP contribution >= 0.6 is 0 Å². The van der Waals surface area contributed by atoms with Gasteiger partial charge in [-0.05, 0) is 78.8 Å². The summed E-state index contributed by atoms with van der Waals surface area (Å²) in [6.45, 7) is 4.81. The zero-order chi connectivity index (χ0) is 15.5. The monoisotopic (exact) mass is 301 g/mol. The second-order valence-corrected chi connectivity index (χ2v) is 8.65. The van der Waals surface area contributed by atoms with E-state index in [4.69, 9.17) is 0 Å². The third-order valence-corrected chi connectivity index (χ3v) is 7.71. The van der Waals surface area contributed by atoms with Crippen molar-refractivity contribution in [2.45, 2.75) is 65.2 Å². The molecule has 0 spiro atoms. The van der Waals surface area contributed by atoms with Gasteiger partial charge in [-0.25, -0.2) is 0 Å². The molecule has 0 unspecified atom stereocenters. The van der Waals surface area contributed by atoms with Crippen molar-refractivity contribution in [3.05, 3.63) is 11.6 Å².